The summed E-state index contributed by atoms with van der Waals surface area (Å²) in [5, 5.41) is 21.6. The van der Waals surface area contributed by atoms with Crippen molar-refractivity contribution in [1.29, 1.82) is 0 Å². The lowest BCUT2D eigenvalue weighted by atomic mass is 9.85. The van der Waals surface area contributed by atoms with E-state index in [1.807, 2.05) is 29.1 Å². The standard InChI is InChI=1S/C44H52F3N9O5/c1-43(2,61)31-22-33-28(21-34(31)49-40(58)32-6-5-7-38(48-32)44(45,46)47)25-55(51-33)30-11-8-26(9-12-30)23-52(3)29-16-18-54(19-17-29)24-27-10-13-35-37(20-27)53(4)42(60)56(35)36-14-15-39(57)50-41(36)59/h5-7,10,13,20-22,25-26,29-30,36,61H,8-9,11-12,14-19,23-24H2,1-4H3,(H,49,58)(H,50,57,59)/t26-,30-,36?. The summed E-state index contributed by atoms with van der Waals surface area (Å²) >= 11 is 0. The number of fused-ring (bicyclic) bond motifs is 2. The number of aryl methyl sites for hydroxylation is 1. The summed E-state index contributed by atoms with van der Waals surface area (Å²) in [6.07, 6.45) is 3.90. The Morgan fingerprint density at radius 1 is 0.967 bits per heavy atom. The topological polar surface area (TPSA) is 160 Å². The summed E-state index contributed by atoms with van der Waals surface area (Å²) in [5.41, 5.74) is 0.676. The first-order valence-electron chi connectivity index (χ1n) is 21.0. The number of nitrogens with one attached hydrogen (secondary N) is 2. The molecule has 1 unspecified atom stereocenters. The molecular weight excluding hydrogens is 792 g/mol. The van der Waals surface area contributed by atoms with Crippen molar-refractivity contribution < 1.29 is 32.7 Å². The Morgan fingerprint density at radius 3 is 2.39 bits per heavy atom. The molecule has 2 aromatic carbocycles. The second-order valence-corrected chi connectivity index (χ2v) is 17.6. The first-order chi connectivity index (χ1) is 28.9. The summed E-state index contributed by atoms with van der Waals surface area (Å²) < 4.78 is 44.9. The first kappa shape index (κ1) is 42.3. The molecule has 2 aliphatic heterocycles. The number of carbonyl (C=O) groups is 3. The average Bonchev–Trinajstić information content (AvgIpc) is 3.74. The average molecular weight is 844 g/mol. The number of likely N-dealkylation sites (tertiary alicyclic amines) is 1. The zero-order chi connectivity index (χ0) is 43.4. The molecule has 3 aromatic heterocycles. The van der Waals surface area contributed by atoms with Crippen molar-refractivity contribution in [2.75, 3.05) is 32.0 Å². The predicted octanol–water partition coefficient (Wildman–Crippen LogP) is 5.89. The Morgan fingerprint density at radius 2 is 1.70 bits per heavy atom. The van der Waals surface area contributed by atoms with Crippen molar-refractivity contribution in [2.24, 2.45) is 13.0 Å². The fourth-order valence-electron chi connectivity index (χ4n) is 9.45. The van der Waals surface area contributed by atoms with Crippen LogP contribution in [0.1, 0.15) is 105 Å². The largest absolute Gasteiger partial charge is 0.433 e. The molecule has 3 aliphatic rings. The molecule has 3 fully saturated rings. The number of benzene rings is 2. The van der Waals surface area contributed by atoms with Crippen LogP contribution in [-0.4, -0.2) is 89.3 Å². The zero-order valence-corrected chi connectivity index (χ0v) is 34.8. The number of hydrogen-bond acceptors (Lipinski definition) is 9. The molecule has 61 heavy (non-hydrogen) atoms. The van der Waals surface area contributed by atoms with Crippen LogP contribution in [0.3, 0.4) is 0 Å². The monoisotopic (exact) mass is 843 g/mol. The fourth-order valence-corrected chi connectivity index (χ4v) is 9.45. The van der Waals surface area contributed by atoms with Crippen molar-refractivity contribution in [3.05, 3.63) is 87.7 Å². The molecule has 3 amide bonds. The quantitative estimate of drug-likeness (QED) is 0.146. The fraction of sp³-hybridized carbons (Fsp3) is 0.500. The molecule has 14 nitrogen and oxygen atoms in total. The number of anilines is 1. The number of imidazole rings is 1. The number of amides is 3. The van der Waals surface area contributed by atoms with Gasteiger partial charge in [0.2, 0.25) is 11.8 Å². The van der Waals surface area contributed by atoms with E-state index in [2.05, 4.69) is 32.5 Å². The summed E-state index contributed by atoms with van der Waals surface area (Å²) in [7, 11) is 3.95. The number of halogens is 3. The molecule has 0 radical (unpaired) electrons. The van der Waals surface area contributed by atoms with Crippen molar-refractivity contribution >= 4 is 45.3 Å². The Bertz CT molecular complexity index is 2540. The maximum Gasteiger partial charge on any atom is 0.433 e. The number of rotatable bonds is 10. The molecule has 0 spiro atoms. The molecule has 324 valence electrons. The molecule has 5 aromatic rings. The van der Waals surface area contributed by atoms with E-state index in [0.717, 1.165) is 93.3 Å². The van der Waals surface area contributed by atoms with Gasteiger partial charge in [-0.3, -0.25) is 38.4 Å². The molecule has 3 N–H and O–H groups in total. The van der Waals surface area contributed by atoms with E-state index in [4.69, 9.17) is 5.10 Å². The first-order valence-corrected chi connectivity index (χ1v) is 21.0. The minimum atomic E-state index is -4.69. The van der Waals surface area contributed by atoms with E-state index in [1.165, 1.54) is 10.6 Å². The van der Waals surface area contributed by atoms with Gasteiger partial charge in [0.15, 0.2) is 0 Å². The number of pyridine rings is 1. The van der Waals surface area contributed by atoms with Crippen molar-refractivity contribution in [2.45, 2.75) is 102 Å². The number of imide groups is 1. The number of alkyl halides is 3. The van der Waals surface area contributed by atoms with Gasteiger partial charge in [0.05, 0.1) is 28.2 Å². The second-order valence-electron chi connectivity index (χ2n) is 17.6. The number of hydrogen-bond donors (Lipinski definition) is 3. The highest BCUT2D eigenvalue weighted by Crippen LogP contribution is 2.37. The minimum Gasteiger partial charge on any atom is -0.386 e. The Kier molecular flexibility index (Phi) is 11.4. The third-order valence-electron chi connectivity index (χ3n) is 12.8. The lowest BCUT2D eigenvalue weighted by Crippen LogP contribution is -2.44. The van der Waals surface area contributed by atoms with E-state index < -0.39 is 35.3 Å². The van der Waals surface area contributed by atoms with Crippen LogP contribution in [0.4, 0.5) is 18.9 Å². The van der Waals surface area contributed by atoms with Crippen molar-refractivity contribution in [3.8, 4) is 0 Å². The molecule has 1 atom stereocenters. The highest BCUT2D eigenvalue weighted by molar-refractivity contribution is 6.04. The molecule has 17 heteroatoms. The number of aliphatic hydroxyl groups is 1. The third kappa shape index (κ3) is 8.86. The predicted molar refractivity (Wildman–Crippen MR) is 223 cm³/mol. The smallest absolute Gasteiger partial charge is 0.386 e. The van der Waals surface area contributed by atoms with E-state index >= 15 is 0 Å². The van der Waals surface area contributed by atoms with E-state index in [0.29, 0.717) is 35.0 Å². The van der Waals surface area contributed by atoms with Crippen LogP contribution in [0.5, 0.6) is 0 Å². The van der Waals surface area contributed by atoms with Gasteiger partial charge in [0, 0.05) is 55.4 Å². The highest BCUT2D eigenvalue weighted by Gasteiger charge is 2.34. The maximum absolute atomic E-state index is 13.3. The number of aromatic nitrogens is 5. The molecule has 5 heterocycles. The van der Waals surface area contributed by atoms with E-state index in [1.54, 1.807) is 37.6 Å². The van der Waals surface area contributed by atoms with Gasteiger partial charge in [-0.25, -0.2) is 9.78 Å². The minimum absolute atomic E-state index is 0.188. The maximum atomic E-state index is 13.3. The van der Waals surface area contributed by atoms with Gasteiger partial charge in [-0.05, 0) is 127 Å². The van der Waals surface area contributed by atoms with Gasteiger partial charge in [-0.15, -0.1) is 0 Å². The van der Waals surface area contributed by atoms with E-state index in [9.17, 15) is 37.5 Å². The van der Waals surface area contributed by atoms with Crippen LogP contribution in [0.15, 0.2) is 59.5 Å². The summed E-state index contributed by atoms with van der Waals surface area (Å²) in [6.45, 7) is 6.87. The van der Waals surface area contributed by atoms with Gasteiger partial charge >= 0.3 is 11.9 Å². The van der Waals surface area contributed by atoms with Crippen LogP contribution in [0, 0.1) is 5.92 Å². The lowest BCUT2D eigenvalue weighted by Gasteiger charge is -2.39. The highest BCUT2D eigenvalue weighted by atomic mass is 19.4. The Balaban J connectivity index is 0.845. The molecule has 2 saturated heterocycles. The summed E-state index contributed by atoms with van der Waals surface area (Å²) in [6, 6.07) is 12.5. The van der Waals surface area contributed by atoms with Gasteiger partial charge in [-0.1, -0.05) is 12.1 Å². The van der Waals surface area contributed by atoms with Gasteiger partial charge in [0.25, 0.3) is 5.91 Å². The molecular formula is C44H52F3N9O5. The SMILES string of the molecule is CN(C[C@H]1CC[C@H](n2cc3cc(NC(=O)c4cccc(C(F)(F)F)n4)c(C(C)(C)O)cc3n2)CC1)C1CCN(Cc2ccc3c(c2)n(C)c(=O)n3C2CCC(=O)NC2=O)CC1. The third-order valence-corrected chi connectivity index (χ3v) is 12.8. The van der Waals surface area contributed by atoms with Crippen LogP contribution >= 0.6 is 0 Å². The van der Waals surface area contributed by atoms with Crippen molar-refractivity contribution in [3.63, 3.8) is 0 Å². The van der Waals surface area contributed by atoms with Gasteiger partial charge in [0.1, 0.15) is 17.4 Å². The second kappa shape index (κ2) is 16.5. The molecule has 8 rings (SSSR count). The lowest BCUT2D eigenvalue weighted by molar-refractivity contribution is -0.141. The van der Waals surface area contributed by atoms with Gasteiger partial charge in [-0.2, -0.15) is 18.3 Å². The van der Waals surface area contributed by atoms with Crippen LogP contribution in [0.25, 0.3) is 21.9 Å². The van der Waals surface area contributed by atoms with E-state index in [-0.39, 0.29) is 35.4 Å². The zero-order valence-electron chi connectivity index (χ0n) is 34.8. The van der Waals surface area contributed by atoms with Gasteiger partial charge < -0.3 is 15.3 Å². The number of carbonyl (C=O) groups excluding carboxylic acids is 3. The Labute approximate surface area is 350 Å². The molecule has 1 saturated carbocycles. The summed E-state index contributed by atoms with van der Waals surface area (Å²) in [5.74, 6) is -1.01. The number of piperidine rings is 2. The van der Waals surface area contributed by atoms with Crippen molar-refractivity contribution in [1.82, 2.24) is 39.0 Å². The molecule has 0 bridgehead atoms. The van der Waals surface area contributed by atoms with Crippen LogP contribution in [0.2, 0.25) is 0 Å². The van der Waals surface area contributed by atoms with Crippen LogP contribution < -0.4 is 16.3 Å². The number of nitrogens with zero attached hydrogens (tertiary/aromatic N) is 7. The van der Waals surface area contributed by atoms with Crippen LogP contribution in [-0.2, 0) is 35.0 Å². The summed E-state index contributed by atoms with van der Waals surface area (Å²) in [4.78, 5) is 59.1. The Hall–Kier alpha value is -5.39. The molecule has 1 aliphatic carbocycles. The normalized spacial score (nSPS) is 21.1.